The van der Waals surface area contributed by atoms with Crippen LogP contribution in [0.3, 0.4) is 0 Å². The molecule has 0 saturated carbocycles. The van der Waals surface area contributed by atoms with E-state index in [2.05, 4.69) is 28.0 Å². The molecule has 0 aliphatic carbocycles. The molecule has 0 bridgehead atoms. The minimum atomic E-state index is 0.0687. The maximum Gasteiger partial charge on any atom is 0.317 e. The molecular weight excluding hydrogens is 334 g/mol. The fraction of sp³-hybridized carbons (Fsp3) is 0.632. The molecule has 1 atom stereocenters. The third-order valence-corrected chi connectivity index (χ3v) is 6.46. The maximum absolute atomic E-state index is 12.6. The van der Waals surface area contributed by atoms with Crippen LogP contribution in [-0.2, 0) is 6.42 Å². The highest BCUT2D eigenvalue weighted by molar-refractivity contribution is 7.99. The van der Waals surface area contributed by atoms with Gasteiger partial charge in [0.05, 0.1) is 6.04 Å². The van der Waals surface area contributed by atoms with Gasteiger partial charge in [-0.05, 0) is 30.9 Å². The zero-order chi connectivity index (χ0) is 17.1. The van der Waals surface area contributed by atoms with Gasteiger partial charge in [0.25, 0.3) is 0 Å². The number of para-hydroxylation sites is 1. The second-order valence-electron chi connectivity index (χ2n) is 7.14. The van der Waals surface area contributed by atoms with Crippen LogP contribution in [0.4, 0.5) is 4.79 Å². The van der Waals surface area contributed by atoms with Crippen molar-refractivity contribution in [1.82, 2.24) is 15.1 Å². The molecule has 1 N–H and O–H groups in total. The highest BCUT2D eigenvalue weighted by Crippen LogP contribution is 2.24. The monoisotopic (exact) mass is 361 g/mol. The van der Waals surface area contributed by atoms with Gasteiger partial charge in [-0.15, -0.1) is 0 Å². The molecule has 3 aliphatic heterocycles. The molecule has 3 heterocycles. The second-order valence-corrected chi connectivity index (χ2v) is 8.36. The van der Waals surface area contributed by atoms with Crippen LogP contribution in [0.1, 0.15) is 18.4 Å². The fourth-order valence-corrected chi connectivity index (χ4v) is 4.99. The molecule has 0 unspecified atom stereocenters. The van der Waals surface area contributed by atoms with E-state index in [1.165, 1.54) is 30.2 Å². The zero-order valence-electron chi connectivity index (χ0n) is 14.7. The normalized spacial score (nSPS) is 25.1. The first-order chi connectivity index (χ1) is 12.3. The Kier molecular flexibility index (Phi) is 5.36. The quantitative estimate of drug-likeness (QED) is 0.877. The highest BCUT2D eigenvalue weighted by Gasteiger charge is 2.29. The van der Waals surface area contributed by atoms with Gasteiger partial charge in [0.2, 0.25) is 0 Å². The molecule has 0 radical (unpaired) electrons. The summed E-state index contributed by atoms with van der Waals surface area (Å²) >= 11 is 2.05. The number of fused-ring (bicyclic) bond motifs is 1. The lowest BCUT2D eigenvalue weighted by atomic mass is 10.0. The van der Waals surface area contributed by atoms with E-state index in [4.69, 9.17) is 4.74 Å². The predicted molar refractivity (Wildman–Crippen MR) is 101 cm³/mol. The zero-order valence-corrected chi connectivity index (χ0v) is 15.5. The Morgan fingerprint density at radius 3 is 2.68 bits per heavy atom. The summed E-state index contributed by atoms with van der Waals surface area (Å²) in [4.78, 5) is 17.2. The highest BCUT2D eigenvalue weighted by atomic mass is 32.2. The molecule has 4 rings (SSSR count). The van der Waals surface area contributed by atoms with Crippen LogP contribution in [0.25, 0.3) is 0 Å². The van der Waals surface area contributed by atoms with Crippen molar-refractivity contribution in [3.63, 3.8) is 0 Å². The second kappa shape index (κ2) is 7.87. The molecule has 0 aromatic heterocycles. The van der Waals surface area contributed by atoms with E-state index in [0.29, 0.717) is 12.6 Å². The van der Waals surface area contributed by atoms with Crippen LogP contribution >= 0.6 is 11.8 Å². The topological polar surface area (TPSA) is 44.8 Å². The molecular formula is C19H27N3O2S. The molecule has 2 amide bonds. The number of benzene rings is 1. The SMILES string of the molecule is O=C(N[C@H]1COc2ccccc2C1)N1CCC(N2CCSCC2)CC1. The van der Waals surface area contributed by atoms with E-state index in [0.717, 1.165) is 38.1 Å². The number of hydrogen-bond acceptors (Lipinski definition) is 4. The molecule has 1 aromatic rings. The first-order valence-electron chi connectivity index (χ1n) is 9.37. The first-order valence-corrected chi connectivity index (χ1v) is 10.5. The van der Waals surface area contributed by atoms with E-state index in [9.17, 15) is 4.79 Å². The number of carbonyl (C=O) groups excluding carboxylic acids is 1. The van der Waals surface area contributed by atoms with E-state index >= 15 is 0 Å². The lowest BCUT2D eigenvalue weighted by Gasteiger charge is -2.40. The first kappa shape index (κ1) is 17.0. The van der Waals surface area contributed by atoms with Crippen LogP contribution in [0.15, 0.2) is 24.3 Å². The molecule has 136 valence electrons. The number of piperidine rings is 1. The van der Waals surface area contributed by atoms with Crippen molar-refractivity contribution in [1.29, 1.82) is 0 Å². The largest absolute Gasteiger partial charge is 0.491 e. The van der Waals surface area contributed by atoms with Gasteiger partial charge in [-0.1, -0.05) is 18.2 Å². The Morgan fingerprint density at radius 2 is 1.88 bits per heavy atom. The fourth-order valence-electron chi connectivity index (χ4n) is 4.06. The summed E-state index contributed by atoms with van der Waals surface area (Å²) in [5, 5.41) is 3.17. The Morgan fingerprint density at radius 1 is 1.12 bits per heavy atom. The number of hydrogen-bond donors (Lipinski definition) is 1. The van der Waals surface area contributed by atoms with Crippen LogP contribution < -0.4 is 10.1 Å². The molecule has 1 aromatic carbocycles. The number of carbonyl (C=O) groups is 1. The molecule has 25 heavy (non-hydrogen) atoms. The van der Waals surface area contributed by atoms with E-state index < -0.39 is 0 Å². The maximum atomic E-state index is 12.6. The number of thioether (sulfide) groups is 1. The predicted octanol–water partition coefficient (Wildman–Crippen LogP) is 2.21. The van der Waals surface area contributed by atoms with Gasteiger partial charge >= 0.3 is 6.03 Å². The summed E-state index contributed by atoms with van der Waals surface area (Å²) < 4.78 is 5.78. The summed E-state index contributed by atoms with van der Waals surface area (Å²) in [5.74, 6) is 3.46. The summed E-state index contributed by atoms with van der Waals surface area (Å²) in [7, 11) is 0. The lowest BCUT2D eigenvalue weighted by molar-refractivity contribution is 0.121. The number of likely N-dealkylation sites (tertiary alicyclic amines) is 1. The Bertz CT molecular complexity index is 598. The Labute approximate surface area is 154 Å². The molecule has 6 heteroatoms. The number of nitrogens with zero attached hydrogens (tertiary/aromatic N) is 2. The van der Waals surface area contributed by atoms with Gasteiger partial charge in [0.1, 0.15) is 12.4 Å². The average Bonchev–Trinajstić information content (AvgIpc) is 2.69. The van der Waals surface area contributed by atoms with Gasteiger partial charge < -0.3 is 15.0 Å². The Hall–Kier alpha value is -1.40. The lowest BCUT2D eigenvalue weighted by Crippen LogP contribution is -2.53. The van der Waals surface area contributed by atoms with E-state index in [-0.39, 0.29) is 12.1 Å². The molecule has 2 fully saturated rings. The van der Waals surface area contributed by atoms with Crippen LogP contribution in [0.2, 0.25) is 0 Å². The number of urea groups is 1. The van der Waals surface area contributed by atoms with Gasteiger partial charge in [-0.3, -0.25) is 4.90 Å². The smallest absolute Gasteiger partial charge is 0.317 e. The van der Waals surface area contributed by atoms with Gasteiger partial charge in [-0.25, -0.2) is 4.79 Å². The van der Waals surface area contributed by atoms with Crippen LogP contribution in [0, 0.1) is 0 Å². The van der Waals surface area contributed by atoms with Crippen molar-refractivity contribution >= 4 is 17.8 Å². The third kappa shape index (κ3) is 4.06. The number of rotatable bonds is 2. The summed E-state index contributed by atoms with van der Waals surface area (Å²) in [6.07, 6.45) is 3.05. The Balaban J connectivity index is 1.25. The average molecular weight is 362 g/mol. The number of nitrogens with one attached hydrogen (secondary N) is 1. The van der Waals surface area contributed by atoms with Crippen molar-refractivity contribution in [2.24, 2.45) is 0 Å². The van der Waals surface area contributed by atoms with Gasteiger partial charge in [0, 0.05) is 43.7 Å². The van der Waals surface area contributed by atoms with Crippen LogP contribution in [-0.4, -0.2) is 72.2 Å². The molecule has 0 spiro atoms. The van der Waals surface area contributed by atoms with Crippen molar-refractivity contribution in [3.8, 4) is 5.75 Å². The van der Waals surface area contributed by atoms with Crippen molar-refractivity contribution < 1.29 is 9.53 Å². The van der Waals surface area contributed by atoms with Crippen LogP contribution in [0.5, 0.6) is 5.75 Å². The molecule has 5 nitrogen and oxygen atoms in total. The third-order valence-electron chi connectivity index (χ3n) is 5.52. The molecule has 2 saturated heterocycles. The molecule has 3 aliphatic rings. The number of ether oxygens (including phenoxy) is 1. The van der Waals surface area contributed by atoms with Gasteiger partial charge in [-0.2, -0.15) is 11.8 Å². The minimum absolute atomic E-state index is 0.0687. The van der Waals surface area contributed by atoms with Gasteiger partial charge in [0.15, 0.2) is 0 Å². The number of amides is 2. The summed E-state index contributed by atoms with van der Waals surface area (Å²) in [6.45, 7) is 4.71. The minimum Gasteiger partial charge on any atom is -0.491 e. The van der Waals surface area contributed by atoms with E-state index in [1.54, 1.807) is 0 Å². The summed E-state index contributed by atoms with van der Waals surface area (Å²) in [5.41, 5.74) is 1.18. The standard InChI is InChI=1S/C19H27N3O2S/c23-19(20-16-13-15-3-1-2-4-18(15)24-14-16)22-7-5-17(6-8-22)21-9-11-25-12-10-21/h1-4,16-17H,5-14H2,(H,20,23)/t16-/m1/s1. The van der Waals surface area contributed by atoms with Crippen molar-refractivity contribution in [2.45, 2.75) is 31.3 Å². The summed E-state index contributed by atoms with van der Waals surface area (Å²) in [6, 6.07) is 8.89. The van der Waals surface area contributed by atoms with Crippen molar-refractivity contribution in [2.75, 3.05) is 44.3 Å². The van der Waals surface area contributed by atoms with Crippen molar-refractivity contribution in [3.05, 3.63) is 29.8 Å². The van der Waals surface area contributed by atoms with E-state index in [1.807, 2.05) is 23.1 Å².